The van der Waals surface area contributed by atoms with Gasteiger partial charge in [-0.1, -0.05) is 0 Å². The summed E-state index contributed by atoms with van der Waals surface area (Å²) in [4.78, 5) is 2.57. The van der Waals surface area contributed by atoms with Crippen molar-refractivity contribution in [2.24, 2.45) is 5.92 Å². The van der Waals surface area contributed by atoms with Crippen LogP contribution in [0.5, 0.6) is 0 Å². The van der Waals surface area contributed by atoms with Crippen LogP contribution in [0.4, 0.5) is 5.69 Å². The van der Waals surface area contributed by atoms with Gasteiger partial charge >= 0.3 is 0 Å². The molecule has 112 valence electrons. The van der Waals surface area contributed by atoms with E-state index < -0.39 is 10.0 Å². The van der Waals surface area contributed by atoms with Crippen molar-refractivity contribution in [1.82, 2.24) is 9.62 Å². The van der Waals surface area contributed by atoms with Crippen LogP contribution in [0.3, 0.4) is 0 Å². The lowest BCUT2D eigenvalue weighted by molar-refractivity contribution is 0.211. The third-order valence-electron chi connectivity index (χ3n) is 3.74. The molecule has 1 aliphatic rings. The quantitative estimate of drug-likeness (QED) is 0.861. The van der Waals surface area contributed by atoms with Gasteiger partial charge in [-0.3, -0.25) is 0 Å². The van der Waals surface area contributed by atoms with Crippen molar-refractivity contribution in [2.45, 2.75) is 17.7 Å². The summed E-state index contributed by atoms with van der Waals surface area (Å²) >= 11 is 0. The number of likely N-dealkylation sites (tertiary alicyclic amines) is 1. The molecule has 1 aromatic carbocycles. The van der Waals surface area contributed by atoms with E-state index in [0.29, 0.717) is 17.4 Å². The zero-order chi connectivity index (χ0) is 14.6. The number of rotatable bonds is 5. The summed E-state index contributed by atoms with van der Waals surface area (Å²) in [6.45, 7) is 2.58. The van der Waals surface area contributed by atoms with Gasteiger partial charge < -0.3 is 10.2 Å². The average Bonchev–Trinajstić information content (AvgIpc) is 2.45. The number of anilines is 1. The Labute approximate surface area is 121 Å². The van der Waals surface area contributed by atoms with E-state index in [2.05, 4.69) is 22.0 Å². The summed E-state index contributed by atoms with van der Waals surface area (Å²) in [7, 11) is 0.489. The topological polar surface area (TPSA) is 61.4 Å². The largest absolute Gasteiger partial charge is 0.388 e. The summed E-state index contributed by atoms with van der Waals surface area (Å²) in [6.07, 6.45) is 2.23. The zero-order valence-corrected chi connectivity index (χ0v) is 12.9. The number of nitrogens with zero attached hydrogens (tertiary/aromatic N) is 1. The first-order valence-electron chi connectivity index (χ1n) is 6.97. The first-order chi connectivity index (χ1) is 9.51. The molecule has 0 bridgehead atoms. The van der Waals surface area contributed by atoms with Crippen LogP contribution >= 0.6 is 0 Å². The minimum absolute atomic E-state index is 0.320. The lowest BCUT2D eigenvalue weighted by Gasteiger charge is -2.29. The monoisotopic (exact) mass is 297 g/mol. The highest BCUT2D eigenvalue weighted by molar-refractivity contribution is 7.89. The molecular weight excluding hydrogens is 274 g/mol. The fraction of sp³-hybridized carbons (Fsp3) is 0.571. The van der Waals surface area contributed by atoms with Gasteiger partial charge in [-0.25, -0.2) is 13.1 Å². The fourth-order valence-corrected chi connectivity index (χ4v) is 3.67. The lowest BCUT2D eigenvalue weighted by atomic mass is 9.99. The summed E-state index contributed by atoms with van der Waals surface area (Å²) in [6, 6.07) is 6.79. The van der Waals surface area contributed by atoms with Crippen LogP contribution in [0.25, 0.3) is 0 Å². The summed E-state index contributed by atoms with van der Waals surface area (Å²) in [5, 5.41) is 2.97. The number of hydrogen-bond donors (Lipinski definition) is 2. The minimum Gasteiger partial charge on any atom is -0.388 e. The highest BCUT2D eigenvalue weighted by atomic mass is 32.2. The molecule has 2 rings (SSSR count). The highest BCUT2D eigenvalue weighted by Crippen LogP contribution is 2.16. The second kappa shape index (κ2) is 6.56. The number of piperidine rings is 1. The molecule has 1 aromatic rings. The van der Waals surface area contributed by atoms with Crippen molar-refractivity contribution >= 4 is 15.7 Å². The van der Waals surface area contributed by atoms with Gasteiger partial charge in [-0.2, -0.15) is 0 Å². The molecule has 0 spiro atoms. The van der Waals surface area contributed by atoms with Crippen molar-refractivity contribution in [2.75, 3.05) is 39.0 Å². The molecule has 1 heterocycles. The van der Waals surface area contributed by atoms with Crippen molar-refractivity contribution < 1.29 is 8.42 Å². The number of hydrogen-bond acceptors (Lipinski definition) is 4. The molecule has 1 atom stereocenters. The van der Waals surface area contributed by atoms with Crippen molar-refractivity contribution in [3.63, 3.8) is 0 Å². The van der Waals surface area contributed by atoms with Gasteiger partial charge in [0, 0.05) is 25.8 Å². The normalized spacial score (nSPS) is 20.8. The van der Waals surface area contributed by atoms with Crippen LogP contribution in [-0.2, 0) is 10.0 Å². The van der Waals surface area contributed by atoms with Gasteiger partial charge in [-0.05, 0) is 56.6 Å². The molecule has 1 aliphatic heterocycles. The van der Waals surface area contributed by atoms with E-state index in [0.717, 1.165) is 31.6 Å². The second-order valence-electron chi connectivity index (χ2n) is 5.40. The van der Waals surface area contributed by atoms with Gasteiger partial charge in [0.05, 0.1) is 4.90 Å². The zero-order valence-electron chi connectivity index (χ0n) is 12.1. The average molecular weight is 297 g/mol. The number of benzene rings is 1. The second-order valence-corrected chi connectivity index (χ2v) is 7.16. The van der Waals surface area contributed by atoms with E-state index >= 15 is 0 Å². The first-order valence-corrected chi connectivity index (χ1v) is 8.45. The first kappa shape index (κ1) is 15.3. The third kappa shape index (κ3) is 3.94. The van der Waals surface area contributed by atoms with Crippen LogP contribution in [0.1, 0.15) is 12.8 Å². The molecule has 0 radical (unpaired) electrons. The minimum atomic E-state index is -3.40. The molecule has 0 saturated carbocycles. The lowest BCUT2D eigenvalue weighted by Crippen LogP contribution is -2.39. The summed E-state index contributed by atoms with van der Waals surface area (Å²) < 4.78 is 27.1. The maximum Gasteiger partial charge on any atom is 0.240 e. The Hall–Kier alpha value is -1.11. The maximum atomic E-state index is 12.2. The van der Waals surface area contributed by atoms with Crippen LogP contribution < -0.4 is 10.0 Å². The predicted octanol–water partition coefficient (Wildman–Crippen LogP) is 1.35. The van der Waals surface area contributed by atoms with Crippen molar-refractivity contribution in [3.05, 3.63) is 24.3 Å². The Bertz CT molecular complexity index is 528. The van der Waals surface area contributed by atoms with E-state index in [-0.39, 0.29) is 0 Å². The van der Waals surface area contributed by atoms with Crippen LogP contribution in [0.15, 0.2) is 29.2 Å². The maximum absolute atomic E-state index is 12.2. The van der Waals surface area contributed by atoms with Crippen LogP contribution in [-0.4, -0.2) is 47.0 Å². The molecule has 20 heavy (non-hydrogen) atoms. The van der Waals surface area contributed by atoms with Gasteiger partial charge in [0.1, 0.15) is 0 Å². The van der Waals surface area contributed by atoms with E-state index in [9.17, 15) is 8.42 Å². The molecule has 0 amide bonds. The van der Waals surface area contributed by atoms with Gasteiger partial charge in [-0.15, -0.1) is 0 Å². The fourth-order valence-electron chi connectivity index (χ4n) is 2.55. The van der Waals surface area contributed by atoms with Gasteiger partial charge in [0.15, 0.2) is 0 Å². The molecule has 1 saturated heterocycles. The van der Waals surface area contributed by atoms with Crippen molar-refractivity contribution in [1.29, 1.82) is 0 Å². The third-order valence-corrected chi connectivity index (χ3v) is 5.18. The SMILES string of the molecule is CNc1ccc(S(=O)(=O)NCC2CCCN(C)C2)cc1. The Balaban J connectivity index is 1.96. The van der Waals surface area contributed by atoms with E-state index in [4.69, 9.17) is 0 Å². The molecule has 5 nitrogen and oxygen atoms in total. The highest BCUT2D eigenvalue weighted by Gasteiger charge is 2.20. The molecule has 0 aliphatic carbocycles. The molecule has 1 unspecified atom stereocenters. The predicted molar refractivity (Wildman–Crippen MR) is 81.4 cm³/mol. The smallest absolute Gasteiger partial charge is 0.240 e. The molecule has 1 fully saturated rings. The molecule has 6 heteroatoms. The number of sulfonamides is 1. The van der Waals surface area contributed by atoms with Crippen molar-refractivity contribution in [3.8, 4) is 0 Å². The summed E-state index contributed by atoms with van der Waals surface area (Å²) in [5.41, 5.74) is 0.901. The summed E-state index contributed by atoms with van der Waals surface area (Å²) in [5.74, 6) is 0.403. The van der Waals surface area contributed by atoms with E-state index in [1.54, 1.807) is 31.3 Å². The van der Waals surface area contributed by atoms with E-state index in [1.807, 2.05) is 0 Å². The standard InChI is InChI=1S/C14H23N3O2S/c1-15-13-5-7-14(8-6-13)20(18,19)16-10-12-4-3-9-17(2)11-12/h5-8,12,15-16H,3-4,9-11H2,1-2H3. The molecule has 2 N–H and O–H groups in total. The van der Waals surface area contributed by atoms with Crippen LogP contribution in [0, 0.1) is 5.92 Å². The Morgan fingerprint density at radius 1 is 1.30 bits per heavy atom. The Morgan fingerprint density at radius 3 is 2.60 bits per heavy atom. The Morgan fingerprint density at radius 2 is 2.00 bits per heavy atom. The van der Waals surface area contributed by atoms with Gasteiger partial charge in [0.25, 0.3) is 0 Å². The molecule has 0 aromatic heterocycles. The Kier molecular flexibility index (Phi) is 5.01. The van der Waals surface area contributed by atoms with Crippen LogP contribution in [0.2, 0.25) is 0 Å². The number of nitrogens with one attached hydrogen (secondary N) is 2. The van der Waals surface area contributed by atoms with E-state index in [1.165, 1.54) is 0 Å². The van der Waals surface area contributed by atoms with Gasteiger partial charge in [0.2, 0.25) is 10.0 Å². The molecular formula is C14H23N3O2S.